The van der Waals surface area contributed by atoms with Crippen molar-refractivity contribution in [2.45, 2.75) is 25.2 Å². The Morgan fingerprint density at radius 3 is 3.00 bits per heavy atom. The lowest BCUT2D eigenvalue weighted by Crippen LogP contribution is -2.33. The molecule has 0 aromatic carbocycles. The van der Waals surface area contributed by atoms with Crippen molar-refractivity contribution >= 4 is 30.8 Å². The Balaban J connectivity index is 2.09. The molecular weight excluding hydrogens is 390 g/mol. The fourth-order valence-electron chi connectivity index (χ4n) is 1.84. The summed E-state index contributed by atoms with van der Waals surface area (Å²) in [6.07, 6.45) is 1.77. The number of nitrogens with one attached hydrogen (secondary N) is 1. The first-order valence-corrected chi connectivity index (χ1v) is 7.63. The Morgan fingerprint density at radius 1 is 1.58 bits per heavy atom. The van der Waals surface area contributed by atoms with Crippen LogP contribution in [0.4, 0.5) is 0 Å². The Labute approximate surface area is 121 Å². The van der Waals surface area contributed by atoms with E-state index in [2.05, 4.69) is 9.51 Å². The number of H-pyrrole nitrogens is 1. The minimum Gasteiger partial charge on any atom is -0.352 e. The van der Waals surface area contributed by atoms with Gasteiger partial charge in [-0.15, -0.1) is 9.42 Å². The first kappa shape index (κ1) is 14.8. The second kappa shape index (κ2) is 6.23. The van der Waals surface area contributed by atoms with E-state index in [1.165, 1.54) is 10.8 Å². The van der Waals surface area contributed by atoms with Crippen LogP contribution >= 0.6 is 30.8 Å². The predicted octanol–water partition coefficient (Wildman–Crippen LogP) is 0.485. The van der Waals surface area contributed by atoms with Crippen molar-refractivity contribution in [3.8, 4) is 0 Å². The van der Waals surface area contributed by atoms with Gasteiger partial charge in [-0.25, -0.2) is 4.79 Å². The van der Waals surface area contributed by atoms with Crippen LogP contribution in [0, 0.1) is 3.57 Å². The van der Waals surface area contributed by atoms with E-state index < -0.39 is 25.7 Å². The lowest BCUT2D eigenvalue weighted by atomic mass is 10.2. The normalized spacial score (nSPS) is 23.6. The molecule has 2 rings (SSSR count). The third kappa shape index (κ3) is 3.69. The number of hydrogen-bond acceptors (Lipinski definition) is 5. The summed E-state index contributed by atoms with van der Waals surface area (Å²) in [6.45, 7) is -0.00258. The van der Waals surface area contributed by atoms with E-state index in [0.29, 0.717) is 16.4 Å². The molecule has 2 N–H and O–H groups in total. The van der Waals surface area contributed by atoms with Crippen LogP contribution < -0.4 is 11.2 Å². The molecule has 1 fully saturated rings. The zero-order chi connectivity index (χ0) is 14.0. The SMILES string of the molecule is O=c1[nH]c(=O)n([C@@H]2CC[C@@H](CO[P+](=O)O)O2)cc1I. The molecule has 3 atom stereocenters. The maximum absolute atomic E-state index is 11.7. The topological polar surface area (TPSA) is 111 Å². The van der Waals surface area contributed by atoms with Gasteiger partial charge >= 0.3 is 13.9 Å². The Bertz CT molecular complexity index is 599. The minimum absolute atomic E-state index is 0.00258. The van der Waals surface area contributed by atoms with Gasteiger partial charge < -0.3 is 4.74 Å². The highest BCUT2D eigenvalue weighted by atomic mass is 127. The highest BCUT2D eigenvalue weighted by Gasteiger charge is 2.30. The van der Waals surface area contributed by atoms with Gasteiger partial charge in [-0.1, -0.05) is 0 Å². The van der Waals surface area contributed by atoms with Gasteiger partial charge in [0.1, 0.15) is 12.8 Å². The van der Waals surface area contributed by atoms with Crippen molar-refractivity contribution in [1.82, 2.24) is 9.55 Å². The van der Waals surface area contributed by atoms with Crippen molar-refractivity contribution in [3.05, 3.63) is 30.6 Å². The molecule has 1 aromatic rings. The standard InChI is InChI=1S/C9H10IN2O6P/c10-6-3-12(9(14)11-8(6)13)7-2-1-5(18-7)4-17-19(15)16/h3,5,7H,1-2,4H2,(H-,11,13,14,15,16)/p+1/t5-,7-/m0/s1. The number of aromatic amines is 1. The van der Waals surface area contributed by atoms with E-state index in [1.807, 2.05) is 22.6 Å². The second-order valence-corrected chi connectivity index (χ2v) is 5.86. The average Bonchev–Trinajstić information content (AvgIpc) is 2.80. The number of aromatic nitrogens is 2. The number of nitrogens with zero attached hydrogens (tertiary/aromatic N) is 1. The molecule has 1 aliphatic rings. The number of ether oxygens (including phenoxy) is 1. The monoisotopic (exact) mass is 401 g/mol. The summed E-state index contributed by atoms with van der Waals surface area (Å²) < 4.78 is 22.2. The zero-order valence-corrected chi connectivity index (χ0v) is 12.7. The van der Waals surface area contributed by atoms with E-state index in [-0.39, 0.29) is 12.7 Å². The van der Waals surface area contributed by atoms with Crippen molar-refractivity contribution < 1.29 is 18.7 Å². The summed E-state index contributed by atoms with van der Waals surface area (Å²) in [7, 11) is -2.65. The summed E-state index contributed by atoms with van der Waals surface area (Å²) in [4.78, 5) is 33.6. The number of hydrogen-bond donors (Lipinski definition) is 2. The summed E-state index contributed by atoms with van der Waals surface area (Å²) in [6, 6.07) is 0. The van der Waals surface area contributed by atoms with Gasteiger partial charge in [-0.3, -0.25) is 14.3 Å². The molecule has 0 saturated carbocycles. The molecular formula is C9H11IN2O6P+. The van der Waals surface area contributed by atoms with Crippen molar-refractivity contribution in [2.75, 3.05) is 6.61 Å². The molecule has 1 unspecified atom stereocenters. The van der Waals surface area contributed by atoms with Crippen LogP contribution in [-0.4, -0.2) is 27.2 Å². The van der Waals surface area contributed by atoms with Crippen LogP contribution in [0.1, 0.15) is 19.1 Å². The van der Waals surface area contributed by atoms with Crippen LogP contribution in [-0.2, 0) is 13.8 Å². The zero-order valence-electron chi connectivity index (χ0n) is 9.61. The van der Waals surface area contributed by atoms with Gasteiger partial charge in [0.25, 0.3) is 5.56 Å². The lowest BCUT2D eigenvalue weighted by Gasteiger charge is -2.14. The van der Waals surface area contributed by atoms with Gasteiger partial charge in [0.05, 0.1) is 9.67 Å². The molecule has 0 spiro atoms. The fraction of sp³-hybridized carbons (Fsp3) is 0.556. The molecule has 0 aliphatic carbocycles. The highest BCUT2D eigenvalue weighted by molar-refractivity contribution is 14.1. The molecule has 19 heavy (non-hydrogen) atoms. The Morgan fingerprint density at radius 2 is 2.32 bits per heavy atom. The van der Waals surface area contributed by atoms with Crippen LogP contribution in [0.3, 0.4) is 0 Å². The van der Waals surface area contributed by atoms with E-state index in [1.54, 1.807) is 0 Å². The summed E-state index contributed by atoms with van der Waals surface area (Å²) >= 11 is 1.83. The van der Waals surface area contributed by atoms with Crippen molar-refractivity contribution in [3.63, 3.8) is 0 Å². The van der Waals surface area contributed by atoms with Gasteiger partial charge in [-0.2, -0.15) is 0 Å². The van der Waals surface area contributed by atoms with Gasteiger partial charge in [0.2, 0.25) is 0 Å². The van der Waals surface area contributed by atoms with Crippen LogP contribution in [0.5, 0.6) is 0 Å². The fourth-order valence-corrected chi connectivity index (χ4v) is 2.56. The van der Waals surface area contributed by atoms with Crippen molar-refractivity contribution in [2.24, 2.45) is 0 Å². The smallest absolute Gasteiger partial charge is 0.352 e. The van der Waals surface area contributed by atoms with Gasteiger partial charge in [-0.05, 0) is 35.4 Å². The maximum atomic E-state index is 11.7. The van der Waals surface area contributed by atoms with Crippen molar-refractivity contribution in [1.29, 1.82) is 0 Å². The molecule has 0 amide bonds. The van der Waals surface area contributed by atoms with E-state index in [0.717, 1.165) is 0 Å². The van der Waals surface area contributed by atoms with Crippen LogP contribution in [0.15, 0.2) is 15.8 Å². The van der Waals surface area contributed by atoms with E-state index in [9.17, 15) is 14.2 Å². The molecule has 1 aliphatic heterocycles. The second-order valence-electron chi connectivity index (χ2n) is 3.97. The number of rotatable bonds is 4. The third-order valence-electron chi connectivity index (χ3n) is 2.69. The predicted molar refractivity (Wildman–Crippen MR) is 73.0 cm³/mol. The summed E-state index contributed by atoms with van der Waals surface area (Å²) in [5, 5.41) is 0. The molecule has 10 heteroatoms. The molecule has 104 valence electrons. The minimum atomic E-state index is -2.65. The Hall–Kier alpha value is -0.610. The summed E-state index contributed by atoms with van der Waals surface area (Å²) in [5.74, 6) is 0. The molecule has 2 heterocycles. The molecule has 1 aromatic heterocycles. The first-order chi connectivity index (χ1) is 8.97. The van der Waals surface area contributed by atoms with Gasteiger partial charge in [0.15, 0.2) is 0 Å². The molecule has 0 bridgehead atoms. The van der Waals surface area contributed by atoms with Crippen LogP contribution in [0.2, 0.25) is 0 Å². The van der Waals surface area contributed by atoms with E-state index >= 15 is 0 Å². The quantitative estimate of drug-likeness (QED) is 0.561. The lowest BCUT2D eigenvalue weighted by molar-refractivity contribution is -0.0204. The summed E-state index contributed by atoms with van der Waals surface area (Å²) in [5.41, 5.74) is -0.970. The molecule has 1 saturated heterocycles. The molecule has 8 nitrogen and oxygen atoms in total. The van der Waals surface area contributed by atoms with Gasteiger partial charge in [0, 0.05) is 10.8 Å². The largest absolute Gasteiger partial charge is 0.694 e. The van der Waals surface area contributed by atoms with E-state index in [4.69, 9.17) is 9.63 Å². The maximum Gasteiger partial charge on any atom is 0.694 e. The van der Waals surface area contributed by atoms with Crippen LogP contribution in [0.25, 0.3) is 0 Å². The Kier molecular flexibility index (Phi) is 4.85. The average molecular weight is 401 g/mol. The first-order valence-electron chi connectivity index (χ1n) is 5.43. The third-order valence-corrected chi connectivity index (χ3v) is 3.83. The highest BCUT2D eigenvalue weighted by Crippen LogP contribution is 2.29. The molecule has 0 radical (unpaired) electrons. The number of halogens is 1.